The number of ether oxygens (including phenoxy) is 1. The van der Waals surface area contributed by atoms with Crippen LogP contribution in [0.1, 0.15) is 25.7 Å². The van der Waals surface area contributed by atoms with Crippen molar-refractivity contribution in [1.29, 1.82) is 0 Å². The zero-order valence-electron chi connectivity index (χ0n) is 14.6. The highest BCUT2D eigenvalue weighted by atomic mass is 35.5. The summed E-state index contributed by atoms with van der Waals surface area (Å²) >= 11 is 6.15. The third-order valence-electron chi connectivity index (χ3n) is 4.96. The number of pyridine rings is 1. The molecule has 0 saturated heterocycles. The second kappa shape index (κ2) is 7.04. The van der Waals surface area contributed by atoms with Gasteiger partial charge >= 0.3 is 0 Å². The topological polar surface area (TPSA) is 54.4 Å². The molecule has 2 aromatic carbocycles. The summed E-state index contributed by atoms with van der Waals surface area (Å²) in [5.41, 5.74) is 3.77. The van der Waals surface area contributed by atoms with Crippen LogP contribution in [-0.2, 0) is 0 Å². The van der Waals surface area contributed by atoms with Gasteiger partial charge in [0.15, 0.2) is 11.5 Å². The van der Waals surface area contributed by atoms with E-state index in [1.807, 2.05) is 12.1 Å². The Morgan fingerprint density at radius 1 is 1.19 bits per heavy atom. The molecule has 0 bridgehead atoms. The molecule has 1 aliphatic rings. The van der Waals surface area contributed by atoms with Crippen molar-refractivity contribution >= 4 is 28.2 Å². The van der Waals surface area contributed by atoms with Gasteiger partial charge in [-0.3, -0.25) is 4.98 Å². The fraction of sp³-hybridized carbons (Fsp3) is 0.286. The van der Waals surface area contributed by atoms with Crippen LogP contribution in [0.4, 0.5) is 5.69 Å². The maximum Gasteiger partial charge on any atom is 0.176 e. The number of nitrogens with one attached hydrogen (secondary N) is 1. The van der Waals surface area contributed by atoms with E-state index in [-0.39, 0.29) is 10.8 Å². The lowest BCUT2D eigenvalue weighted by Crippen LogP contribution is -2.14. The number of fused-ring (bicyclic) bond motifs is 1. The van der Waals surface area contributed by atoms with Gasteiger partial charge in [-0.2, -0.15) is 0 Å². The Balaban J connectivity index is 1.78. The van der Waals surface area contributed by atoms with Crippen LogP contribution in [-0.4, -0.2) is 23.2 Å². The molecule has 2 N–H and O–H groups in total. The number of benzene rings is 2. The van der Waals surface area contributed by atoms with E-state index in [9.17, 15) is 5.11 Å². The van der Waals surface area contributed by atoms with Gasteiger partial charge in [0.1, 0.15) is 0 Å². The number of halogens is 1. The van der Waals surface area contributed by atoms with Crippen molar-refractivity contribution in [3.63, 3.8) is 0 Å². The smallest absolute Gasteiger partial charge is 0.176 e. The van der Waals surface area contributed by atoms with E-state index >= 15 is 0 Å². The molecule has 4 nitrogen and oxygen atoms in total. The van der Waals surface area contributed by atoms with Gasteiger partial charge in [-0.05, 0) is 48.2 Å². The van der Waals surface area contributed by atoms with E-state index in [0.29, 0.717) is 11.8 Å². The predicted molar refractivity (Wildman–Crippen MR) is 105 cm³/mol. The Kier molecular flexibility index (Phi) is 4.60. The van der Waals surface area contributed by atoms with Gasteiger partial charge in [0.25, 0.3) is 0 Å². The molecule has 26 heavy (non-hydrogen) atoms. The molecule has 1 aromatic heterocycles. The normalized spacial score (nSPS) is 14.7. The minimum Gasteiger partial charge on any atom is -0.503 e. The van der Waals surface area contributed by atoms with Crippen LogP contribution in [0.2, 0.25) is 5.02 Å². The SMILES string of the molecule is COc1cc(-c2ccc3nc[c]c(NC4CCCC4)c3c2)cc(Cl)c1O. The third kappa shape index (κ3) is 3.17. The number of hydrogen-bond acceptors (Lipinski definition) is 4. The van der Waals surface area contributed by atoms with Gasteiger partial charge in [-0.15, -0.1) is 0 Å². The zero-order valence-corrected chi connectivity index (χ0v) is 15.3. The lowest BCUT2D eigenvalue weighted by atomic mass is 10.0. The van der Waals surface area contributed by atoms with Crippen LogP contribution >= 0.6 is 11.6 Å². The number of anilines is 1. The molecule has 0 aliphatic heterocycles. The van der Waals surface area contributed by atoms with Crippen LogP contribution in [0.5, 0.6) is 11.5 Å². The first-order chi connectivity index (χ1) is 12.7. The molecule has 5 heteroatoms. The second-order valence-electron chi connectivity index (χ2n) is 6.64. The Morgan fingerprint density at radius 2 is 2.00 bits per heavy atom. The van der Waals surface area contributed by atoms with Crippen molar-refractivity contribution in [3.8, 4) is 22.6 Å². The highest BCUT2D eigenvalue weighted by molar-refractivity contribution is 6.32. The number of phenols is 1. The molecule has 0 amide bonds. The first-order valence-corrected chi connectivity index (χ1v) is 9.17. The number of nitrogens with zero attached hydrogens (tertiary/aromatic N) is 1. The summed E-state index contributed by atoms with van der Waals surface area (Å²) in [5.74, 6) is 0.312. The van der Waals surface area contributed by atoms with Crippen LogP contribution in [0.25, 0.3) is 22.0 Å². The van der Waals surface area contributed by atoms with Gasteiger partial charge in [0.2, 0.25) is 0 Å². The number of phenolic OH excluding ortho intramolecular Hbond substituents is 1. The quantitative estimate of drug-likeness (QED) is 0.646. The fourth-order valence-corrected chi connectivity index (χ4v) is 3.77. The number of rotatable bonds is 4. The Hall–Kier alpha value is -2.46. The Labute approximate surface area is 157 Å². The number of hydrogen-bond donors (Lipinski definition) is 2. The fourth-order valence-electron chi connectivity index (χ4n) is 3.56. The van der Waals surface area contributed by atoms with E-state index < -0.39 is 0 Å². The second-order valence-corrected chi connectivity index (χ2v) is 7.05. The molecule has 3 aromatic rings. The first-order valence-electron chi connectivity index (χ1n) is 8.79. The van der Waals surface area contributed by atoms with Gasteiger partial charge in [-0.25, -0.2) is 0 Å². The Morgan fingerprint density at radius 3 is 2.77 bits per heavy atom. The van der Waals surface area contributed by atoms with Gasteiger partial charge in [0.05, 0.1) is 23.3 Å². The molecule has 4 rings (SSSR count). The molecule has 1 aliphatic carbocycles. The average Bonchev–Trinajstić information content (AvgIpc) is 3.17. The summed E-state index contributed by atoms with van der Waals surface area (Å²) in [4.78, 5) is 4.43. The molecule has 1 heterocycles. The molecule has 1 fully saturated rings. The molecule has 1 radical (unpaired) electrons. The molecule has 0 spiro atoms. The standard InChI is InChI=1S/C21H20ClN2O2/c1-26-20-12-14(11-17(22)21(20)25)13-6-7-18-16(10-13)19(8-9-23-18)24-15-4-2-3-5-15/h6-7,9-12,15,25H,2-5H2,1H3,(H,23,24). The number of aromatic hydroxyl groups is 1. The summed E-state index contributed by atoms with van der Waals surface area (Å²) in [7, 11) is 1.51. The summed E-state index contributed by atoms with van der Waals surface area (Å²) in [6.07, 6.45) is 6.67. The molecule has 0 atom stereocenters. The summed E-state index contributed by atoms with van der Waals surface area (Å²) in [6, 6.07) is 13.3. The summed E-state index contributed by atoms with van der Waals surface area (Å²) in [6.45, 7) is 0. The van der Waals surface area contributed by atoms with Crippen molar-refractivity contribution in [1.82, 2.24) is 4.98 Å². The van der Waals surface area contributed by atoms with Crippen molar-refractivity contribution in [2.24, 2.45) is 0 Å². The zero-order chi connectivity index (χ0) is 18.1. The van der Waals surface area contributed by atoms with Gasteiger partial charge in [-0.1, -0.05) is 30.5 Å². The Bertz CT molecular complexity index is 952. The monoisotopic (exact) mass is 367 g/mol. The minimum atomic E-state index is -0.0442. The van der Waals surface area contributed by atoms with Crippen LogP contribution in [0.3, 0.4) is 0 Å². The van der Waals surface area contributed by atoms with E-state index in [1.54, 1.807) is 18.3 Å². The summed E-state index contributed by atoms with van der Waals surface area (Å²) < 4.78 is 5.22. The van der Waals surface area contributed by atoms with Crippen LogP contribution in [0, 0.1) is 6.07 Å². The lowest BCUT2D eigenvalue weighted by molar-refractivity contribution is 0.374. The average molecular weight is 368 g/mol. The van der Waals surface area contributed by atoms with Crippen molar-refractivity contribution in [2.75, 3.05) is 12.4 Å². The molecule has 1 saturated carbocycles. The first kappa shape index (κ1) is 17.0. The molecular weight excluding hydrogens is 348 g/mol. The van der Waals surface area contributed by atoms with Gasteiger partial charge in [0, 0.05) is 23.7 Å². The van der Waals surface area contributed by atoms with Crippen LogP contribution < -0.4 is 10.1 Å². The van der Waals surface area contributed by atoms with E-state index in [4.69, 9.17) is 16.3 Å². The van der Waals surface area contributed by atoms with Crippen LogP contribution in [0.15, 0.2) is 36.5 Å². The van der Waals surface area contributed by atoms with E-state index in [1.165, 1.54) is 32.8 Å². The van der Waals surface area contributed by atoms with E-state index in [2.05, 4.69) is 22.4 Å². The molecule has 0 unspecified atom stereocenters. The van der Waals surface area contributed by atoms with Crippen molar-refractivity contribution < 1.29 is 9.84 Å². The summed E-state index contributed by atoms with van der Waals surface area (Å²) in [5, 5.41) is 14.9. The largest absolute Gasteiger partial charge is 0.503 e. The maximum absolute atomic E-state index is 9.96. The number of methoxy groups -OCH3 is 1. The maximum atomic E-state index is 9.96. The third-order valence-corrected chi connectivity index (χ3v) is 5.25. The van der Waals surface area contributed by atoms with Crippen molar-refractivity contribution in [2.45, 2.75) is 31.7 Å². The highest BCUT2D eigenvalue weighted by Crippen LogP contribution is 2.39. The van der Waals surface area contributed by atoms with Gasteiger partial charge < -0.3 is 15.2 Å². The molecular formula is C21H20ClN2O2. The number of aromatic nitrogens is 1. The minimum absolute atomic E-state index is 0.0442. The van der Waals surface area contributed by atoms with Crippen molar-refractivity contribution in [3.05, 3.63) is 47.6 Å². The lowest BCUT2D eigenvalue weighted by Gasteiger charge is -2.16. The predicted octanol–water partition coefficient (Wildman–Crippen LogP) is 5.42. The highest BCUT2D eigenvalue weighted by Gasteiger charge is 2.16. The molecule has 133 valence electrons. The van der Waals surface area contributed by atoms with E-state index in [0.717, 1.165) is 27.7 Å².